The van der Waals surface area contributed by atoms with Gasteiger partial charge in [-0.05, 0) is 98.5 Å². The molecule has 1 aromatic heterocycles. The summed E-state index contributed by atoms with van der Waals surface area (Å²) in [5.74, 6) is 0.962. The highest BCUT2D eigenvalue weighted by atomic mass is 16.3. The lowest BCUT2D eigenvalue weighted by atomic mass is 9.68. The fraction of sp³-hybridized carbons (Fsp3) is 0.0462. The molecule has 67 heavy (non-hydrogen) atoms. The predicted octanol–water partition coefficient (Wildman–Crippen LogP) is 17.1. The number of para-hydroxylation sites is 2. The Balaban J connectivity index is 1.14. The van der Waals surface area contributed by atoms with Gasteiger partial charge < -0.3 is 9.32 Å². The van der Waals surface area contributed by atoms with Crippen molar-refractivity contribution in [2.24, 2.45) is 0 Å². The van der Waals surface area contributed by atoms with Crippen molar-refractivity contribution in [3.8, 4) is 33.4 Å². The van der Waals surface area contributed by atoms with E-state index in [1.54, 1.807) is 0 Å². The minimum absolute atomic E-state index is 0.570. The summed E-state index contributed by atoms with van der Waals surface area (Å²) < 4.78 is 6.87. The molecular formula is C65H45NO. The largest absolute Gasteiger partial charge is 0.456 e. The summed E-state index contributed by atoms with van der Waals surface area (Å²) in [5.41, 5.74) is 19.3. The second kappa shape index (κ2) is 15.9. The quantitative estimate of drug-likeness (QED) is 0.151. The highest BCUT2D eigenvalue weighted by Gasteiger charge is 2.47. The van der Waals surface area contributed by atoms with E-state index in [0.717, 1.165) is 69.1 Å². The first kappa shape index (κ1) is 39.0. The molecule has 0 saturated carbocycles. The standard InChI is InChI=1S/C65H45NO/c1-4-21-45(22-5-1)51-41-40-48(47-39-38-44-20-10-11-23-46(44)42-47)43-61(51)66(59-35-16-13-28-52(59)54-31-18-32-55-53-29-14-17-37-62(53)67-64(54)55)60-36-19-34-58-63(60)56-30-12-15-33-57(56)65(58,49-24-6-2-7-25-49)50-26-8-3-9-27-50/h1-17,19-31,33-43H,18,32H2. The monoisotopic (exact) mass is 855 g/mol. The lowest BCUT2D eigenvalue weighted by Crippen LogP contribution is -2.28. The van der Waals surface area contributed by atoms with Crippen molar-refractivity contribution >= 4 is 44.4 Å². The van der Waals surface area contributed by atoms with Gasteiger partial charge in [-0.25, -0.2) is 0 Å². The van der Waals surface area contributed by atoms with Crippen molar-refractivity contribution in [2.75, 3.05) is 4.90 Å². The number of hydrogen-bond acceptors (Lipinski definition) is 2. The van der Waals surface area contributed by atoms with E-state index in [2.05, 4.69) is 254 Å². The predicted molar refractivity (Wildman–Crippen MR) is 278 cm³/mol. The summed E-state index contributed by atoms with van der Waals surface area (Å²) in [4.78, 5) is 2.57. The van der Waals surface area contributed by atoms with Crippen LogP contribution in [-0.4, -0.2) is 0 Å². The molecule has 0 radical (unpaired) electrons. The van der Waals surface area contributed by atoms with Crippen molar-refractivity contribution in [1.29, 1.82) is 0 Å². The maximum absolute atomic E-state index is 6.87. The number of allylic oxidation sites excluding steroid dienone is 1. The first-order valence-electron chi connectivity index (χ1n) is 23.4. The summed E-state index contributed by atoms with van der Waals surface area (Å²) in [5, 5.41) is 3.65. The Bertz CT molecular complexity index is 3650. The van der Waals surface area contributed by atoms with Crippen molar-refractivity contribution in [2.45, 2.75) is 18.3 Å². The number of aryl methyl sites for hydroxylation is 1. The SMILES string of the molecule is C1=C(c2ccccc2N(c2cc(-c3ccc4ccccc4c3)ccc2-c2ccccc2)c2cccc3c2-c2ccccc2C3(c2ccccc2)c2ccccc2)c2oc3ccccc3c2CC1. The fourth-order valence-electron chi connectivity index (χ4n) is 11.3. The molecule has 316 valence electrons. The van der Waals surface area contributed by atoms with Crippen LogP contribution in [-0.2, 0) is 11.8 Å². The second-order valence-corrected chi connectivity index (χ2v) is 17.8. The highest BCUT2D eigenvalue weighted by molar-refractivity contribution is 6.03. The zero-order valence-corrected chi connectivity index (χ0v) is 36.9. The summed E-state index contributed by atoms with van der Waals surface area (Å²) in [6.07, 6.45) is 4.27. The Morgan fingerprint density at radius 1 is 0.403 bits per heavy atom. The molecule has 2 aliphatic rings. The van der Waals surface area contributed by atoms with Crippen LogP contribution in [0.3, 0.4) is 0 Å². The van der Waals surface area contributed by atoms with Crippen LogP contribution in [0.5, 0.6) is 0 Å². The minimum atomic E-state index is -0.570. The molecule has 13 rings (SSSR count). The van der Waals surface area contributed by atoms with E-state index >= 15 is 0 Å². The molecular weight excluding hydrogens is 811 g/mol. The number of benzene rings is 10. The van der Waals surface area contributed by atoms with E-state index in [1.807, 2.05) is 0 Å². The zero-order chi connectivity index (χ0) is 44.3. The Morgan fingerprint density at radius 2 is 1.01 bits per heavy atom. The topological polar surface area (TPSA) is 16.4 Å². The second-order valence-electron chi connectivity index (χ2n) is 17.8. The van der Waals surface area contributed by atoms with Crippen molar-refractivity contribution in [1.82, 2.24) is 0 Å². The molecule has 1 heterocycles. The molecule has 0 bridgehead atoms. The molecule has 0 unspecified atom stereocenters. The third-order valence-electron chi connectivity index (χ3n) is 14.2. The van der Waals surface area contributed by atoms with Gasteiger partial charge in [-0.2, -0.15) is 0 Å². The van der Waals surface area contributed by atoms with Crippen LogP contribution in [0.1, 0.15) is 45.6 Å². The van der Waals surface area contributed by atoms with Crippen molar-refractivity contribution in [3.05, 3.63) is 288 Å². The van der Waals surface area contributed by atoms with Crippen molar-refractivity contribution in [3.63, 3.8) is 0 Å². The molecule has 0 amide bonds. The lowest BCUT2D eigenvalue weighted by Gasteiger charge is -2.35. The fourth-order valence-corrected chi connectivity index (χ4v) is 11.3. The number of nitrogens with zero attached hydrogens (tertiary/aromatic N) is 1. The van der Waals surface area contributed by atoms with Crippen LogP contribution in [0.2, 0.25) is 0 Å². The third kappa shape index (κ3) is 6.18. The summed E-state index contributed by atoms with van der Waals surface area (Å²) in [6.45, 7) is 0. The molecule has 0 N–H and O–H groups in total. The number of rotatable bonds is 8. The molecule has 10 aromatic carbocycles. The lowest BCUT2D eigenvalue weighted by molar-refractivity contribution is 0.591. The van der Waals surface area contributed by atoms with Gasteiger partial charge in [0, 0.05) is 33.2 Å². The highest BCUT2D eigenvalue weighted by Crippen LogP contribution is 2.60. The van der Waals surface area contributed by atoms with Gasteiger partial charge in [0.15, 0.2) is 0 Å². The normalized spacial score (nSPS) is 13.5. The molecule has 2 heteroatoms. The summed E-state index contributed by atoms with van der Waals surface area (Å²) in [6, 6.07) is 89.2. The molecule has 0 spiro atoms. The van der Waals surface area contributed by atoms with Gasteiger partial charge in [-0.1, -0.05) is 218 Å². The summed E-state index contributed by atoms with van der Waals surface area (Å²) >= 11 is 0. The van der Waals surface area contributed by atoms with Gasteiger partial charge >= 0.3 is 0 Å². The van der Waals surface area contributed by atoms with Crippen molar-refractivity contribution < 1.29 is 4.42 Å². The van der Waals surface area contributed by atoms with Gasteiger partial charge in [0.25, 0.3) is 0 Å². The van der Waals surface area contributed by atoms with Gasteiger partial charge in [-0.3, -0.25) is 0 Å². The smallest absolute Gasteiger partial charge is 0.138 e. The van der Waals surface area contributed by atoms with E-state index in [4.69, 9.17) is 4.42 Å². The van der Waals surface area contributed by atoms with E-state index in [1.165, 1.54) is 60.7 Å². The first-order chi connectivity index (χ1) is 33.3. The van der Waals surface area contributed by atoms with Crippen LogP contribution in [0.25, 0.3) is 60.7 Å². The Morgan fingerprint density at radius 3 is 1.82 bits per heavy atom. The minimum Gasteiger partial charge on any atom is -0.456 e. The maximum atomic E-state index is 6.87. The average molecular weight is 856 g/mol. The molecule has 0 saturated heterocycles. The zero-order valence-electron chi connectivity index (χ0n) is 36.9. The first-order valence-corrected chi connectivity index (χ1v) is 23.4. The van der Waals surface area contributed by atoms with Gasteiger partial charge in [0.05, 0.1) is 22.5 Å². The van der Waals surface area contributed by atoms with Crippen LogP contribution in [0.15, 0.2) is 253 Å². The maximum Gasteiger partial charge on any atom is 0.138 e. The summed E-state index contributed by atoms with van der Waals surface area (Å²) in [7, 11) is 0. The molecule has 0 atom stereocenters. The molecule has 2 nitrogen and oxygen atoms in total. The Hall–Kier alpha value is -8.46. The van der Waals surface area contributed by atoms with Crippen LogP contribution in [0, 0.1) is 0 Å². The van der Waals surface area contributed by atoms with Gasteiger partial charge in [0.2, 0.25) is 0 Å². The van der Waals surface area contributed by atoms with Crippen LogP contribution in [0.4, 0.5) is 17.1 Å². The van der Waals surface area contributed by atoms with E-state index in [-0.39, 0.29) is 0 Å². The molecule has 0 aliphatic heterocycles. The van der Waals surface area contributed by atoms with Crippen LogP contribution >= 0.6 is 0 Å². The molecule has 0 fully saturated rings. The third-order valence-corrected chi connectivity index (χ3v) is 14.2. The van der Waals surface area contributed by atoms with Crippen LogP contribution < -0.4 is 4.90 Å². The van der Waals surface area contributed by atoms with E-state index in [0.29, 0.717) is 0 Å². The Kier molecular flexibility index (Phi) is 9.25. The van der Waals surface area contributed by atoms with E-state index in [9.17, 15) is 0 Å². The average Bonchev–Trinajstić information content (AvgIpc) is 3.94. The number of hydrogen-bond donors (Lipinski definition) is 0. The molecule has 2 aliphatic carbocycles. The molecule has 11 aromatic rings. The van der Waals surface area contributed by atoms with E-state index < -0.39 is 5.41 Å². The van der Waals surface area contributed by atoms with Gasteiger partial charge in [-0.15, -0.1) is 0 Å². The van der Waals surface area contributed by atoms with Gasteiger partial charge in [0.1, 0.15) is 11.3 Å². The number of fused-ring (bicyclic) bond motifs is 7. The number of furan rings is 1. The number of anilines is 3. The Labute approximate surface area is 391 Å².